The van der Waals surface area contributed by atoms with E-state index in [9.17, 15) is 4.79 Å². The van der Waals surface area contributed by atoms with Crippen molar-refractivity contribution >= 4 is 30.2 Å². The van der Waals surface area contributed by atoms with Crippen molar-refractivity contribution in [3.05, 3.63) is 34.5 Å². The normalized spacial score (nSPS) is 13.9. The monoisotopic (exact) mass is 409 g/mol. The molecule has 0 fully saturated rings. The summed E-state index contributed by atoms with van der Waals surface area (Å²) in [5, 5.41) is 7.38. The first-order valence-corrected chi connectivity index (χ1v) is 10.2. The summed E-state index contributed by atoms with van der Waals surface area (Å²) in [4.78, 5) is 28.1. The van der Waals surface area contributed by atoms with E-state index in [1.807, 2.05) is 59.0 Å². The van der Waals surface area contributed by atoms with E-state index >= 15 is 0 Å². The van der Waals surface area contributed by atoms with Gasteiger partial charge in [-0.1, -0.05) is 0 Å². The van der Waals surface area contributed by atoms with Crippen LogP contribution in [0.2, 0.25) is 0 Å². The Kier molecular flexibility index (Phi) is 6.05. The van der Waals surface area contributed by atoms with Gasteiger partial charge in [-0.2, -0.15) is 5.10 Å². The van der Waals surface area contributed by atoms with Crippen LogP contribution in [0.1, 0.15) is 55.5 Å². The number of carbonyl (C=O) groups excluding carboxylic acids is 1. The zero-order valence-electron chi connectivity index (χ0n) is 18.8. The topological polar surface area (TPSA) is 88.3 Å². The number of amides is 1. The first-order valence-electron chi connectivity index (χ1n) is 10.2. The number of nitrogens with one attached hydrogen (secondary N) is 1. The first kappa shape index (κ1) is 21.7. The van der Waals surface area contributed by atoms with Crippen LogP contribution in [0.15, 0.2) is 11.2 Å². The van der Waals surface area contributed by atoms with Gasteiger partial charge >= 0.3 is 0 Å². The van der Waals surface area contributed by atoms with Crippen LogP contribution in [0.4, 0.5) is 5.82 Å². The largest absolute Gasteiger partial charge is 0.350 e. The minimum absolute atomic E-state index is 0.0412. The van der Waals surface area contributed by atoms with Crippen LogP contribution in [-0.4, -0.2) is 51.5 Å². The first-order chi connectivity index (χ1) is 14.1. The third kappa shape index (κ3) is 4.93. The molecule has 0 aliphatic heterocycles. The molecule has 1 aliphatic carbocycles. The summed E-state index contributed by atoms with van der Waals surface area (Å²) in [5.74, 6) is 1.27. The van der Waals surface area contributed by atoms with Gasteiger partial charge in [-0.3, -0.25) is 14.5 Å². The summed E-state index contributed by atoms with van der Waals surface area (Å²) < 4.78 is 1.76. The van der Waals surface area contributed by atoms with Gasteiger partial charge in [0.15, 0.2) is 5.82 Å². The van der Waals surface area contributed by atoms with Gasteiger partial charge < -0.3 is 10.2 Å². The molecule has 0 bridgehead atoms. The molecule has 1 amide bonds. The zero-order valence-corrected chi connectivity index (χ0v) is 18.8. The van der Waals surface area contributed by atoms with Crippen LogP contribution in [0.25, 0.3) is 11.8 Å². The van der Waals surface area contributed by atoms with Crippen LogP contribution >= 0.6 is 0 Å². The smallest absolute Gasteiger partial charge is 0.239 e. The van der Waals surface area contributed by atoms with E-state index < -0.39 is 0 Å². The van der Waals surface area contributed by atoms with Gasteiger partial charge in [0.25, 0.3) is 0 Å². The zero-order chi connectivity index (χ0) is 22.1. The number of hydrogen-bond donors (Lipinski definition) is 1. The molecule has 0 spiro atoms. The minimum Gasteiger partial charge on any atom is -0.350 e. The van der Waals surface area contributed by atoms with Crippen molar-refractivity contribution < 1.29 is 4.79 Å². The van der Waals surface area contributed by atoms with Crippen LogP contribution in [0.5, 0.6) is 0 Å². The standard InChI is InChI=1S/C22H31N7O/c1-14-15(12-29(7)27-14)11-18(23-5)20-24-17-10-8-9-16(17)21(25-20)28(6)13-19(30)26-22(2,3)4/h11-12H,5,8-10,13H2,1-4,6-7H3,(H,26,30)/b18-11-. The van der Waals surface area contributed by atoms with Crippen molar-refractivity contribution in [1.29, 1.82) is 0 Å². The van der Waals surface area contributed by atoms with Gasteiger partial charge in [-0.05, 0) is 59.8 Å². The number of carbonyl (C=O) groups is 1. The molecule has 0 unspecified atom stereocenters. The predicted molar refractivity (Wildman–Crippen MR) is 121 cm³/mol. The average molecular weight is 410 g/mol. The molecule has 0 saturated carbocycles. The molecule has 8 heteroatoms. The van der Waals surface area contributed by atoms with Crippen LogP contribution in [-0.2, 0) is 24.7 Å². The Bertz CT molecular complexity index is 998. The lowest BCUT2D eigenvalue weighted by molar-refractivity contribution is -0.121. The van der Waals surface area contributed by atoms with Crippen molar-refractivity contribution in [3.8, 4) is 0 Å². The Morgan fingerprint density at radius 1 is 1.37 bits per heavy atom. The van der Waals surface area contributed by atoms with E-state index in [0.717, 1.165) is 47.6 Å². The third-order valence-corrected chi connectivity index (χ3v) is 4.91. The molecule has 160 valence electrons. The molecule has 8 nitrogen and oxygen atoms in total. The van der Waals surface area contributed by atoms with Gasteiger partial charge in [0.2, 0.25) is 5.91 Å². The number of rotatable bonds is 6. The van der Waals surface area contributed by atoms with Gasteiger partial charge in [-0.15, -0.1) is 0 Å². The Hall–Kier alpha value is -3.03. The molecule has 3 rings (SSSR count). The van der Waals surface area contributed by atoms with Gasteiger partial charge in [0.05, 0.1) is 12.2 Å². The van der Waals surface area contributed by atoms with E-state index in [1.165, 1.54) is 0 Å². The van der Waals surface area contributed by atoms with Crippen molar-refractivity contribution in [3.63, 3.8) is 0 Å². The number of anilines is 1. The lowest BCUT2D eigenvalue weighted by Gasteiger charge is -2.25. The van der Waals surface area contributed by atoms with E-state index in [4.69, 9.17) is 9.97 Å². The molecule has 2 aromatic heterocycles. The van der Waals surface area contributed by atoms with Gasteiger partial charge in [0, 0.05) is 42.7 Å². The molecule has 1 N–H and O–H groups in total. The number of likely N-dealkylation sites (N-methyl/N-ethyl adjacent to an activating group) is 1. The van der Waals surface area contributed by atoms with E-state index in [0.29, 0.717) is 11.5 Å². The molecule has 0 aromatic carbocycles. The summed E-state index contributed by atoms with van der Waals surface area (Å²) in [5.41, 5.74) is 4.30. The molecule has 2 heterocycles. The fourth-order valence-corrected chi connectivity index (χ4v) is 3.68. The van der Waals surface area contributed by atoms with Crippen molar-refractivity contribution in [2.45, 2.75) is 52.5 Å². The third-order valence-electron chi connectivity index (χ3n) is 4.91. The van der Waals surface area contributed by atoms with E-state index in [2.05, 4.69) is 22.1 Å². The second-order valence-corrected chi connectivity index (χ2v) is 8.84. The number of aliphatic imine (C=N–C) groups is 1. The summed E-state index contributed by atoms with van der Waals surface area (Å²) >= 11 is 0. The molecule has 0 radical (unpaired) electrons. The summed E-state index contributed by atoms with van der Waals surface area (Å²) in [6.45, 7) is 11.8. The molecule has 0 saturated heterocycles. The Morgan fingerprint density at radius 2 is 2.10 bits per heavy atom. The van der Waals surface area contributed by atoms with Crippen LogP contribution in [0, 0.1) is 6.92 Å². The number of aromatic nitrogens is 4. The number of hydrogen-bond acceptors (Lipinski definition) is 6. The maximum Gasteiger partial charge on any atom is 0.239 e. The van der Waals surface area contributed by atoms with Gasteiger partial charge in [-0.25, -0.2) is 9.97 Å². The van der Waals surface area contributed by atoms with Gasteiger partial charge in [0.1, 0.15) is 11.5 Å². The maximum absolute atomic E-state index is 12.5. The van der Waals surface area contributed by atoms with Crippen LogP contribution < -0.4 is 10.2 Å². The van der Waals surface area contributed by atoms with Crippen molar-refractivity contribution in [2.75, 3.05) is 18.5 Å². The second-order valence-electron chi connectivity index (χ2n) is 8.84. The Morgan fingerprint density at radius 3 is 2.70 bits per heavy atom. The molecular formula is C22H31N7O. The fourth-order valence-electron chi connectivity index (χ4n) is 3.68. The molecule has 0 atom stereocenters. The molecule has 1 aliphatic rings. The number of fused-ring (bicyclic) bond motifs is 1. The highest BCUT2D eigenvalue weighted by Gasteiger charge is 2.24. The molecule has 2 aromatic rings. The van der Waals surface area contributed by atoms with Crippen molar-refractivity contribution in [2.24, 2.45) is 12.0 Å². The number of nitrogens with zero attached hydrogens (tertiary/aromatic N) is 6. The Balaban J connectivity index is 1.97. The van der Waals surface area contributed by atoms with Crippen LogP contribution in [0.3, 0.4) is 0 Å². The lowest BCUT2D eigenvalue weighted by atomic mass is 10.1. The minimum atomic E-state index is -0.277. The highest BCUT2D eigenvalue weighted by atomic mass is 16.2. The van der Waals surface area contributed by atoms with Crippen molar-refractivity contribution in [1.82, 2.24) is 25.1 Å². The van der Waals surface area contributed by atoms with E-state index in [-0.39, 0.29) is 18.0 Å². The second kappa shape index (κ2) is 8.38. The predicted octanol–water partition coefficient (Wildman–Crippen LogP) is 2.56. The average Bonchev–Trinajstić information content (AvgIpc) is 3.22. The quantitative estimate of drug-likeness (QED) is 0.741. The SMILES string of the molecule is C=N/C(=C\c1cn(C)nc1C)c1nc2c(c(N(C)CC(=O)NC(C)(C)C)n1)CCC2. The highest BCUT2D eigenvalue weighted by Crippen LogP contribution is 2.30. The summed E-state index contributed by atoms with van der Waals surface area (Å²) in [6.07, 6.45) is 6.68. The summed E-state index contributed by atoms with van der Waals surface area (Å²) in [7, 11) is 3.77. The molecule has 30 heavy (non-hydrogen) atoms. The lowest BCUT2D eigenvalue weighted by Crippen LogP contribution is -2.45. The molecular weight excluding hydrogens is 378 g/mol. The summed E-state index contributed by atoms with van der Waals surface area (Å²) in [6, 6.07) is 0. The maximum atomic E-state index is 12.5. The highest BCUT2D eigenvalue weighted by molar-refractivity contribution is 5.83. The Labute approximate surface area is 178 Å². The number of aryl methyl sites for hydroxylation is 3. The van der Waals surface area contributed by atoms with E-state index in [1.54, 1.807) is 4.68 Å². The fraction of sp³-hybridized carbons (Fsp3) is 0.500.